The predicted molar refractivity (Wildman–Crippen MR) is 116 cm³/mol. The number of likely N-dealkylation sites (tertiary alicyclic amines) is 1. The number of morpholine rings is 1. The summed E-state index contributed by atoms with van der Waals surface area (Å²) in [6.07, 6.45) is -4.40. The first-order valence-electron chi connectivity index (χ1n) is 10.9. The number of carbonyl (C=O) groups excluding carboxylic acids is 2. The van der Waals surface area contributed by atoms with Gasteiger partial charge in [-0.25, -0.2) is 0 Å². The lowest BCUT2D eigenvalue weighted by molar-refractivity contribution is -0.137. The SMILES string of the molecule is O=C(Nc1cccc(CN2CCOCC2)c1)C1CC(=O)N(Cc2cccc(C(F)(F)F)c2)C1. The van der Waals surface area contributed by atoms with E-state index in [4.69, 9.17) is 4.74 Å². The van der Waals surface area contributed by atoms with Crippen molar-refractivity contribution in [2.75, 3.05) is 38.2 Å². The van der Waals surface area contributed by atoms with Crippen LogP contribution in [0.15, 0.2) is 48.5 Å². The Kier molecular flexibility index (Phi) is 6.99. The van der Waals surface area contributed by atoms with E-state index in [1.807, 2.05) is 18.2 Å². The molecular weight excluding hydrogens is 435 g/mol. The first-order chi connectivity index (χ1) is 15.8. The lowest BCUT2D eigenvalue weighted by atomic mass is 10.1. The molecule has 1 N–H and O–H groups in total. The van der Waals surface area contributed by atoms with Gasteiger partial charge in [0.1, 0.15) is 0 Å². The first kappa shape index (κ1) is 23.3. The molecule has 1 unspecified atom stereocenters. The zero-order valence-corrected chi connectivity index (χ0v) is 18.1. The number of amides is 2. The lowest BCUT2D eigenvalue weighted by Crippen LogP contribution is -2.35. The average molecular weight is 461 g/mol. The number of carbonyl (C=O) groups is 2. The maximum absolute atomic E-state index is 13.0. The molecule has 4 rings (SSSR count). The molecule has 176 valence electrons. The van der Waals surface area contributed by atoms with Crippen molar-refractivity contribution in [3.63, 3.8) is 0 Å². The first-order valence-corrected chi connectivity index (χ1v) is 10.9. The molecule has 9 heteroatoms. The number of hydrogen-bond acceptors (Lipinski definition) is 4. The maximum Gasteiger partial charge on any atom is 0.416 e. The van der Waals surface area contributed by atoms with Gasteiger partial charge in [-0.3, -0.25) is 14.5 Å². The van der Waals surface area contributed by atoms with E-state index in [0.29, 0.717) is 24.5 Å². The summed E-state index contributed by atoms with van der Waals surface area (Å²) in [6, 6.07) is 12.5. The predicted octanol–water partition coefficient (Wildman–Crippen LogP) is 3.52. The number of benzene rings is 2. The number of nitrogens with one attached hydrogen (secondary N) is 1. The van der Waals surface area contributed by atoms with E-state index in [0.717, 1.165) is 37.3 Å². The third-order valence-corrected chi connectivity index (χ3v) is 5.92. The third-order valence-electron chi connectivity index (χ3n) is 5.92. The topological polar surface area (TPSA) is 61.9 Å². The van der Waals surface area contributed by atoms with Crippen LogP contribution in [0.2, 0.25) is 0 Å². The van der Waals surface area contributed by atoms with E-state index in [1.54, 1.807) is 12.1 Å². The number of ether oxygens (including phenoxy) is 1. The van der Waals surface area contributed by atoms with Crippen molar-refractivity contribution < 1.29 is 27.5 Å². The number of hydrogen-bond donors (Lipinski definition) is 1. The minimum Gasteiger partial charge on any atom is -0.379 e. The van der Waals surface area contributed by atoms with E-state index in [1.165, 1.54) is 11.0 Å². The Morgan fingerprint density at radius 1 is 1.03 bits per heavy atom. The average Bonchev–Trinajstić information content (AvgIpc) is 3.15. The molecule has 33 heavy (non-hydrogen) atoms. The fourth-order valence-corrected chi connectivity index (χ4v) is 4.18. The second-order valence-corrected chi connectivity index (χ2v) is 8.45. The summed E-state index contributed by atoms with van der Waals surface area (Å²) >= 11 is 0. The Bertz CT molecular complexity index is 1010. The van der Waals surface area contributed by atoms with Gasteiger partial charge in [0, 0.05) is 44.8 Å². The third kappa shape index (κ3) is 6.11. The van der Waals surface area contributed by atoms with Crippen molar-refractivity contribution in [3.05, 3.63) is 65.2 Å². The smallest absolute Gasteiger partial charge is 0.379 e. The largest absolute Gasteiger partial charge is 0.416 e. The van der Waals surface area contributed by atoms with Gasteiger partial charge in [0.05, 0.1) is 24.7 Å². The fraction of sp³-hybridized carbons (Fsp3) is 0.417. The van der Waals surface area contributed by atoms with Crippen molar-refractivity contribution in [1.82, 2.24) is 9.80 Å². The molecule has 1 atom stereocenters. The van der Waals surface area contributed by atoms with Crippen molar-refractivity contribution in [1.29, 1.82) is 0 Å². The van der Waals surface area contributed by atoms with Crippen LogP contribution in [0.4, 0.5) is 18.9 Å². The molecule has 2 aliphatic heterocycles. The van der Waals surface area contributed by atoms with Gasteiger partial charge in [0.25, 0.3) is 0 Å². The van der Waals surface area contributed by atoms with Gasteiger partial charge in [-0.15, -0.1) is 0 Å². The van der Waals surface area contributed by atoms with Crippen LogP contribution < -0.4 is 5.32 Å². The zero-order chi connectivity index (χ0) is 23.4. The Morgan fingerprint density at radius 3 is 2.45 bits per heavy atom. The minimum absolute atomic E-state index is 0.0399. The highest BCUT2D eigenvalue weighted by atomic mass is 19.4. The van der Waals surface area contributed by atoms with Crippen LogP contribution in [0.1, 0.15) is 23.1 Å². The van der Waals surface area contributed by atoms with Crippen LogP contribution in [-0.4, -0.2) is 54.5 Å². The van der Waals surface area contributed by atoms with E-state index in [9.17, 15) is 22.8 Å². The van der Waals surface area contributed by atoms with Gasteiger partial charge in [-0.05, 0) is 35.4 Å². The van der Waals surface area contributed by atoms with Crippen LogP contribution in [0.5, 0.6) is 0 Å². The number of alkyl halides is 3. The van der Waals surface area contributed by atoms with Crippen LogP contribution >= 0.6 is 0 Å². The number of nitrogens with zero attached hydrogens (tertiary/aromatic N) is 2. The van der Waals surface area contributed by atoms with Crippen LogP contribution in [0.25, 0.3) is 0 Å². The van der Waals surface area contributed by atoms with Gasteiger partial charge in [0.2, 0.25) is 11.8 Å². The van der Waals surface area contributed by atoms with Gasteiger partial charge < -0.3 is 15.0 Å². The van der Waals surface area contributed by atoms with Crippen LogP contribution in [0, 0.1) is 5.92 Å². The Labute approximate surface area is 190 Å². The van der Waals surface area contributed by atoms with Gasteiger partial charge in [0.15, 0.2) is 0 Å². The summed E-state index contributed by atoms with van der Waals surface area (Å²) in [5, 5.41) is 2.89. The second-order valence-electron chi connectivity index (χ2n) is 8.45. The van der Waals surface area contributed by atoms with Gasteiger partial charge in [-0.1, -0.05) is 24.3 Å². The summed E-state index contributed by atoms with van der Waals surface area (Å²) in [5.41, 5.74) is 1.37. The molecule has 0 aromatic heterocycles. The summed E-state index contributed by atoms with van der Waals surface area (Å²) in [4.78, 5) is 28.9. The normalized spacial score (nSPS) is 19.7. The minimum atomic E-state index is -4.44. The molecule has 2 heterocycles. The lowest BCUT2D eigenvalue weighted by Gasteiger charge is -2.26. The molecule has 2 saturated heterocycles. The van der Waals surface area contributed by atoms with Crippen LogP contribution in [0.3, 0.4) is 0 Å². The summed E-state index contributed by atoms with van der Waals surface area (Å²) < 4.78 is 44.2. The molecule has 2 fully saturated rings. The van der Waals surface area contributed by atoms with E-state index >= 15 is 0 Å². The molecular formula is C24H26F3N3O3. The molecule has 0 radical (unpaired) electrons. The standard InChI is InChI=1S/C24H26F3N3O3/c25-24(26,27)20-5-1-3-17(11-20)15-30-16-19(13-22(30)31)23(32)28-21-6-2-4-18(12-21)14-29-7-9-33-10-8-29/h1-6,11-12,19H,7-10,13-16H2,(H,28,32). The number of anilines is 1. The zero-order valence-electron chi connectivity index (χ0n) is 18.1. The highest BCUT2D eigenvalue weighted by Crippen LogP contribution is 2.30. The van der Waals surface area contributed by atoms with E-state index in [-0.39, 0.29) is 31.3 Å². The molecule has 0 spiro atoms. The van der Waals surface area contributed by atoms with E-state index < -0.39 is 17.7 Å². The van der Waals surface area contributed by atoms with Gasteiger partial charge in [-0.2, -0.15) is 13.2 Å². The molecule has 6 nitrogen and oxygen atoms in total. The number of rotatable bonds is 6. The summed E-state index contributed by atoms with van der Waals surface area (Å²) in [7, 11) is 0. The number of halogens is 3. The second kappa shape index (κ2) is 9.93. The van der Waals surface area contributed by atoms with Crippen molar-refractivity contribution in [2.24, 2.45) is 5.92 Å². The van der Waals surface area contributed by atoms with Gasteiger partial charge >= 0.3 is 6.18 Å². The Balaban J connectivity index is 1.34. The van der Waals surface area contributed by atoms with Crippen LogP contribution in [-0.2, 0) is 33.6 Å². The molecule has 2 amide bonds. The van der Waals surface area contributed by atoms with Crippen molar-refractivity contribution in [2.45, 2.75) is 25.7 Å². The molecule has 2 aromatic rings. The Hall–Kier alpha value is -2.91. The molecule has 0 saturated carbocycles. The summed E-state index contributed by atoms with van der Waals surface area (Å²) in [6.45, 7) is 4.13. The summed E-state index contributed by atoms with van der Waals surface area (Å²) in [5.74, 6) is -1.06. The highest BCUT2D eigenvalue weighted by molar-refractivity contribution is 5.97. The maximum atomic E-state index is 13.0. The monoisotopic (exact) mass is 461 g/mol. The molecule has 2 aromatic carbocycles. The fourth-order valence-electron chi connectivity index (χ4n) is 4.18. The molecule has 0 aliphatic carbocycles. The highest BCUT2D eigenvalue weighted by Gasteiger charge is 2.35. The van der Waals surface area contributed by atoms with Crippen molar-refractivity contribution >= 4 is 17.5 Å². The van der Waals surface area contributed by atoms with Crippen molar-refractivity contribution in [3.8, 4) is 0 Å². The van der Waals surface area contributed by atoms with E-state index in [2.05, 4.69) is 10.2 Å². The quantitative estimate of drug-likeness (QED) is 0.715. The molecule has 0 bridgehead atoms. The molecule has 2 aliphatic rings. The Morgan fingerprint density at radius 2 is 1.73 bits per heavy atom.